The van der Waals surface area contributed by atoms with Gasteiger partial charge in [0.2, 0.25) is 0 Å². The second-order valence-corrected chi connectivity index (χ2v) is 4.98. The third-order valence-electron chi connectivity index (χ3n) is 3.49. The molecule has 0 aromatic heterocycles. The molecule has 3 rings (SSSR count). The first-order chi connectivity index (χ1) is 9.75. The van der Waals surface area contributed by atoms with Crippen molar-refractivity contribution in [3.05, 3.63) is 71.3 Å². The molecule has 0 saturated carbocycles. The molecule has 0 fully saturated rings. The van der Waals surface area contributed by atoms with Gasteiger partial charge in [-0.05, 0) is 24.6 Å². The monoisotopic (exact) mass is 264 g/mol. The van der Waals surface area contributed by atoms with Crippen LogP contribution >= 0.6 is 0 Å². The van der Waals surface area contributed by atoms with Gasteiger partial charge in [0.15, 0.2) is 0 Å². The van der Waals surface area contributed by atoms with Gasteiger partial charge in [0.25, 0.3) is 5.91 Å². The fraction of sp³-hybridized carbons (Fsp3) is 0.176. The summed E-state index contributed by atoms with van der Waals surface area (Å²) in [6.07, 6.45) is 2.58. The number of benzene rings is 2. The van der Waals surface area contributed by atoms with Crippen molar-refractivity contribution in [3.8, 4) is 0 Å². The molecule has 0 saturated heterocycles. The SMILES string of the molecule is Cc1cccc(C(=O)N2N=CCC2c2ccccc2)c1. The molecule has 2 aromatic carbocycles. The average Bonchev–Trinajstić information content (AvgIpc) is 2.97. The molecule has 2 aromatic rings. The number of aryl methyl sites for hydroxylation is 1. The van der Waals surface area contributed by atoms with E-state index < -0.39 is 0 Å². The van der Waals surface area contributed by atoms with E-state index in [4.69, 9.17) is 0 Å². The van der Waals surface area contributed by atoms with E-state index in [1.807, 2.05) is 67.7 Å². The molecule has 3 heteroatoms. The van der Waals surface area contributed by atoms with Crippen molar-refractivity contribution in [2.45, 2.75) is 19.4 Å². The molecule has 1 heterocycles. The van der Waals surface area contributed by atoms with Crippen LogP contribution < -0.4 is 0 Å². The minimum absolute atomic E-state index is 0.00390. The van der Waals surface area contributed by atoms with Crippen LogP contribution in [0.1, 0.15) is 33.9 Å². The van der Waals surface area contributed by atoms with Crippen LogP contribution in [-0.2, 0) is 0 Å². The van der Waals surface area contributed by atoms with Gasteiger partial charge in [-0.2, -0.15) is 5.10 Å². The molecule has 3 nitrogen and oxygen atoms in total. The highest BCUT2D eigenvalue weighted by Gasteiger charge is 2.28. The van der Waals surface area contributed by atoms with Crippen LogP contribution in [0.15, 0.2) is 59.7 Å². The van der Waals surface area contributed by atoms with Crippen LogP contribution in [0.25, 0.3) is 0 Å². The summed E-state index contributed by atoms with van der Waals surface area (Å²) in [4.78, 5) is 12.6. The van der Waals surface area contributed by atoms with Gasteiger partial charge in [-0.15, -0.1) is 0 Å². The summed E-state index contributed by atoms with van der Waals surface area (Å²) < 4.78 is 0. The number of nitrogens with zero attached hydrogens (tertiary/aromatic N) is 2. The van der Waals surface area contributed by atoms with E-state index in [1.54, 1.807) is 5.01 Å². The van der Waals surface area contributed by atoms with Crippen LogP contribution in [0.4, 0.5) is 0 Å². The fourth-order valence-electron chi connectivity index (χ4n) is 2.47. The summed E-state index contributed by atoms with van der Waals surface area (Å²) in [7, 11) is 0. The number of carbonyl (C=O) groups excluding carboxylic acids is 1. The van der Waals surface area contributed by atoms with Crippen LogP contribution in [0.3, 0.4) is 0 Å². The number of hydrogen-bond donors (Lipinski definition) is 0. The van der Waals surface area contributed by atoms with Crippen molar-refractivity contribution in [2.24, 2.45) is 5.10 Å². The predicted molar refractivity (Wildman–Crippen MR) is 79.6 cm³/mol. The van der Waals surface area contributed by atoms with Crippen molar-refractivity contribution in [2.75, 3.05) is 0 Å². The predicted octanol–water partition coefficient (Wildman–Crippen LogP) is 3.57. The normalized spacial score (nSPS) is 17.4. The number of hydrogen-bond acceptors (Lipinski definition) is 2. The van der Waals surface area contributed by atoms with E-state index in [0.29, 0.717) is 5.56 Å². The molecule has 1 aliphatic heterocycles. The van der Waals surface area contributed by atoms with Crippen LogP contribution in [0.2, 0.25) is 0 Å². The Balaban J connectivity index is 1.89. The molecule has 1 atom stereocenters. The molecule has 0 spiro atoms. The highest BCUT2D eigenvalue weighted by Crippen LogP contribution is 2.29. The molecule has 1 amide bonds. The molecule has 100 valence electrons. The highest BCUT2D eigenvalue weighted by atomic mass is 16.2. The van der Waals surface area contributed by atoms with E-state index in [-0.39, 0.29) is 11.9 Å². The van der Waals surface area contributed by atoms with Crippen LogP contribution in [0, 0.1) is 6.92 Å². The van der Waals surface area contributed by atoms with Crippen molar-refractivity contribution in [1.82, 2.24) is 5.01 Å². The maximum atomic E-state index is 12.6. The molecule has 0 bridgehead atoms. The van der Waals surface area contributed by atoms with Gasteiger partial charge < -0.3 is 0 Å². The number of amides is 1. The Bertz CT molecular complexity index is 649. The molecule has 0 aliphatic carbocycles. The molecule has 1 unspecified atom stereocenters. The average molecular weight is 264 g/mol. The second kappa shape index (κ2) is 5.29. The van der Waals surface area contributed by atoms with E-state index in [2.05, 4.69) is 5.10 Å². The van der Waals surface area contributed by atoms with Crippen molar-refractivity contribution >= 4 is 12.1 Å². The third-order valence-corrected chi connectivity index (χ3v) is 3.49. The Labute approximate surface area is 118 Å². The maximum absolute atomic E-state index is 12.6. The first-order valence-corrected chi connectivity index (χ1v) is 6.73. The zero-order valence-corrected chi connectivity index (χ0v) is 11.4. The van der Waals surface area contributed by atoms with E-state index in [1.165, 1.54) is 0 Å². The number of hydrazone groups is 1. The topological polar surface area (TPSA) is 32.7 Å². The Hall–Kier alpha value is -2.42. The van der Waals surface area contributed by atoms with Crippen molar-refractivity contribution in [1.29, 1.82) is 0 Å². The molecule has 1 aliphatic rings. The van der Waals surface area contributed by atoms with Gasteiger partial charge in [0, 0.05) is 18.2 Å². The fourth-order valence-corrected chi connectivity index (χ4v) is 2.47. The van der Waals surface area contributed by atoms with Gasteiger partial charge >= 0.3 is 0 Å². The quantitative estimate of drug-likeness (QED) is 0.816. The molecule has 20 heavy (non-hydrogen) atoms. The van der Waals surface area contributed by atoms with Gasteiger partial charge in [0.1, 0.15) is 0 Å². The summed E-state index contributed by atoms with van der Waals surface area (Å²) in [6, 6.07) is 17.7. The maximum Gasteiger partial charge on any atom is 0.274 e. The van der Waals surface area contributed by atoms with E-state index in [0.717, 1.165) is 17.5 Å². The minimum atomic E-state index is -0.0451. The standard InChI is InChI=1S/C17H16N2O/c1-13-6-5-9-15(12-13)17(20)19-16(10-11-18-19)14-7-3-2-4-8-14/h2-9,11-12,16H,10H2,1H3. The first-order valence-electron chi connectivity index (χ1n) is 6.73. The van der Waals surface area contributed by atoms with Gasteiger partial charge in [0.05, 0.1) is 6.04 Å². The second-order valence-electron chi connectivity index (χ2n) is 4.98. The smallest absolute Gasteiger partial charge is 0.267 e. The summed E-state index contributed by atoms with van der Waals surface area (Å²) in [5, 5.41) is 5.85. The Kier molecular flexibility index (Phi) is 3.33. The van der Waals surface area contributed by atoms with Crippen molar-refractivity contribution in [3.63, 3.8) is 0 Å². The highest BCUT2D eigenvalue weighted by molar-refractivity contribution is 5.95. The lowest BCUT2D eigenvalue weighted by Crippen LogP contribution is -2.27. The zero-order valence-electron chi connectivity index (χ0n) is 11.4. The molecular weight excluding hydrogens is 248 g/mol. The summed E-state index contributed by atoms with van der Waals surface area (Å²) in [5.41, 5.74) is 2.88. The Morgan fingerprint density at radius 1 is 1.15 bits per heavy atom. The first kappa shape index (κ1) is 12.6. The number of rotatable bonds is 2. The van der Waals surface area contributed by atoms with Crippen LogP contribution in [-0.4, -0.2) is 17.1 Å². The third kappa shape index (κ3) is 2.35. The largest absolute Gasteiger partial charge is 0.274 e. The number of carbonyl (C=O) groups is 1. The van der Waals surface area contributed by atoms with E-state index >= 15 is 0 Å². The Morgan fingerprint density at radius 3 is 2.70 bits per heavy atom. The summed E-state index contributed by atoms with van der Waals surface area (Å²) in [5.74, 6) is -0.0451. The lowest BCUT2D eigenvalue weighted by Gasteiger charge is -2.22. The van der Waals surface area contributed by atoms with E-state index in [9.17, 15) is 4.79 Å². The Morgan fingerprint density at radius 2 is 1.95 bits per heavy atom. The minimum Gasteiger partial charge on any atom is -0.267 e. The lowest BCUT2D eigenvalue weighted by atomic mass is 10.0. The summed E-state index contributed by atoms with van der Waals surface area (Å²) in [6.45, 7) is 1.98. The van der Waals surface area contributed by atoms with Gasteiger partial charge in [-0.3, -0.25) is 4.79 Å². The van der Waals surface area contributed by atoms with Crippen LogP contribution in [0.5, 0.6) is 0 Å². The zero-order chi connectivity index (χ0) is 13.9. The molecule has 0 radical (unpaired) electrons. The lowest BCUT2D eigenvalue weighted by molar-refractivity contribution is 0.0711. The van der Waals surface area contributed by atoms with Gasteiger partial charge in [-0.25, -0.2) is 5.01 Å². The van der Waals surface area contributed by atoms with Gasteiger partial charge in [-0.1, -0.05) is 48.0 Å². The molecular formula is C17H16N2O. The molecule has 0 N–H and O–H groups in total. The van der Waals surface area contributed by atoms with Crippen molar-refractivity contribution < 1.29 is 4.79 Å². The summed E-state index contributed by atoms with van der Waals surface area (Å²) >= 11 is 0.